The van der Waals surface area contributed by atoms with Crippen LogP contribution in [0.3, 0.4) is 0 Å². The molecule has 0 spiro atoms. The lowest BCUT2D eigenvalue weighted by molar-refractivity contribution is -0.111. The number of fused-ring (bicyclic) bond motifs is 2. The lowest BCUT2D eigenvalue weighted by Gasteiger charge is -2.12. The van der Waals surface area contributed by atoms with Crippen LogP contribution in [0.2, 0.25) is 0 Å². The van der Waals surface area contributed by atoms with Gasteiger partial charge in [-0.05, 0) is 56.2 Å². The number of aryl methyl sites for hydroxylation is 1. The molecular weight excluding hydrogens is 472 g/mol. The van der Waals surface area contributed by atoms with Crippen LogP contribution in [-0.4, -0.2) is 24.6 Å². The fourth-order valence-corrected chi connectivity index (χ4v) is 5.18. The Bertz CT molecular complexity index is 1610. The van der Waals surface area contributed by atoms with E-state index in [1.807, 2.05) is 69.3 Å². The van der Waals surface area contributed by atoms with E-state index in [-0.39, 0.29) is 5.91 Å². The van der Waals surface area contributed by atoms with Crippen molar-refractivity contribution >= 4 is 49.1 Å². The van der Waals surface area contributed by atoms with Crippen molar-refractivity contribution in [2.45, 2.75) is 20.8 Å². The molecule has 36 heavy (non-hydrogen) atoms. The summed E-state index contributed by atoms with van der Waals surface area (Å²) in [5.41, 5.74) is 6.15. The molecule has 182 valence electrons. The van der Waals surface area contributed by atoms with Crippen molar-refractivity contribution in [3.63, 3.8) is 0 Å². The highest BCUT2D eigenvalue weighted by Gasteiger charge is 2.17. The number of allylic oxidation sites excluding steroid dienone is 1. The van der Waals surface area contributed by atoms with E-state index in [0.29, 0.717) is 23.1 Å². The maximum absolute atomic E-state index is 12.9. The lowest BCUT2D eigenvalue weighted by atomic mass is 9.98. The number of carbonyl (C=O) groups excluding carboxylic acids is 1. The number of nitrogens with zero attached hydrogens (tertiary/aromatic N) is 1. The van der Waals surface area contributed by atoms with Crippen molar-refractivity contribution in [1.82, 2.24) is 4.98 Å². The third-order valence-corrected chi connectivity index (χ3v) is 6.85. The predicted octanol–water partition coefficient (Wildman–Crippen LogP) is 7.47. The third-order valence-electron chi connectivity index (χ3n) is 5.92. The zero-order valence-electron chi connectivity index (χ0n) is 20.5. The summed E-state index contributed by atoms with van der Waals surface area (Å²) in [4.78, 5) is 17.4. The first-order valence-electron chi connectivity index (χ1n) is 11.6. The number of hydrogen-bond donors (Lipinski definition) is 1. The van der Waals surface area contributed by atoms with E-state index in [9.17, 15) is 4.79 Å². The van der Waals surface area contributed by atoms with E-state index in [2.05, 4.69) is 16.4 Å². The molecule has 6 nitrogen and oxygen atoms in total. The summed E-state index contributed by atoms with van der Waals surface area (Å²) in [6.45, 7) is 6.35. The number of aromatic nitrogens is 1. The predicted molar refractivity (Wildman–Crippen MR) is 146 cm³/mol. The van der Waals surface area contributed by atoms with Gasteiger partial charge >= 0.3 is 0 Å². The van der Waals surface area contributed by atoms with Gasteiger partial charge in [0.05, 0.1) is 30.2 Å². The molecule has 0 saturated carbocycles. The molecule has 0 fully saturated rings. The second-order valence-electron chi connectivity index (χ2n) is 8.43. The quantitative estimate of drug-likeness (QED) is 0.236. The third kappa shape index (κ3) is 4.57. The molecule has 2 aromatic heterocycles. The van der Waals surface area contributed by atoms with Gasteiger partial charge in [-0.1, -0.05) is 35.6 Å². The summed E-state index contributed by atoms with van der Waals surface area (Å²) in [7, 11) is 1.65. The van der Waals surface area contributed by atoms with Crippen LogP contribution in [0.5, 0.6) is 11.5 Å². The first-order chi connectivity index (χ1) is 17.5. The molecule has 0 saturated heterocycles. The summed E-state index contributed by atoms with van der Waals surface area (Å²) in [5.74, 6) is 1.17. The van der Waals surface area contributed by atoms with Crippen molar-refractivity contribution in [1.29, 1.82) is 0 Å². The normalized spacial score (nSPS) is 11.7. The van der Waals surface area contributed by atoms with Gasteiger partial charge in [-0.25, -0.2) is 4.98 Å². The van der Waals surface area contributed by atoms with Gasteiger partial charge in [-0.15, -0.1) is 0 Å². The Balaban J connectivity index is 1.51. The highest BCUT2D eigenvalue weighted by molar-refractivity contribution is 7.22. The van der Waals surface area contributed by atoms with Gasteiger partial charge in [0.15, 0.2) is 5.13 Å². The van der Waals surface area contributed by atoms with Gasteiger partial charge < -0.3 is 13.9 Å². The van der Waals surface area contributed by atoms with Crippen LogP contribution in [0.4, 0.5) is 5.13 Å². The number of nitrogens with one attached hydrogen (secondary N) is 1. The topological polar surface area (TPSA) is 73.6 Å². The fraction of sp³-hybridized carbons (Fsp3) is 0.172. The maximum Gasteiger partial charge on any atom is 0.250 e. The van der Waals surface area contributed by atoms with E-state index < -0.39 is 0 Å². The molecule has 0 aliphatic heterocycles. The van der Waals surface area contributed by atoms with Crippen LogP contribution in [0.1, 0.15) is 25.0 Å². The largest absolute Gasteiger partial charge is 0.496 e. The zero-order chi connectivity index (χ0) is 25.2. The molecule has 0 aliphatic carbocycles. The van der Waals surface area contributed by atoms with E-state index in [1.165, 1.54) is 11.3 Å². The molecule has 5 aromatic rings. The highest BCUT2D eigenvalue weighted by Crippen LogP contribution is 2.40. The molecular formula is C29H26N2O4S. The average Bonchev–Trinajstić information content (AvgIpc) is 3.46. The minimum atomic E-state index is -0.247. The smallest absolute Gasteiger partial charge is 0.250 e. The summed E-state index contributed by atoms with van der Waals surface area (Å²) >= 11 is 1.46. The van der Waals surface area contributed by atoms with Gasteiger partial charge in [0.2, 0.25) is 5.91 Å². The zero-order valence-corrected chi connectivity index (χ0v) is 21.4. The molecule has 0 aliphatic rings. The SMILES string of the molecule is CCOc1cc2occ(-c3ccccc3OC)c2cc1/C(C)=C/C(=O)Nc1nc2ccc(C)cc2s1. The van der Waals surface area contributed by atoms with Crippen LogP contribution in [0.25, 0.3) is 37.9 Å². The number of amides is 1. The number of thiazole rings is 1. The van der Waals surface area contributed by atoms with E-state index in [4.69, 9.17) is 13.9 Å². The Morgan fingerprint density at radius 3 is 2.75 bits per heavy atom. The minimum absolute atomic E-state index is 0.247. The number of para-hydroxylation sites is 1. The van der Waals surface area contributed by atoms with Gasteiger partial charge in [0, 0.05) is 34.2 Å². The van der Waals surface area contributed by atoms with Gasteiger partial charge in [0.1, 0.15) is 17.1 Å². The second-order valence-corrected chi connectivity index (χ2v) is 9.46. The monoisotopic (exact) mass is 498 g/mol. The number of hydrogen-bond acceptors (Lipinski definition) is 6. The van der Waals surface area contributed by atoms with Crippen molar-refractivity contribution < 1.29 is 18.7 Å². The van der Waals surface area contributed by atoms with Crippen molar-refractivity contribution in [2.24, 2.45) is 0 Å². The van der Waals surface area contributed by atoms with Crippen molar-refractivity contribution in [2.75, 3.05) is 19.0 Å². The summed E-state index contributed by atoms with van der Waals surface area (Å²) < 4.78 is 18.4. The number of ether oxygens (including phenoxy) is 2. The van der Waals surface area contributed by atoms with Crippen LogP contribution in [0, 0.1) is 6.92 Å². The number of methoxy groups -OCH3 is 1. The number of anilines is 1. The van der Waals surface area contributed by atoms with Gasteiger partial charge in [0.25, 0.3) is 0 Å². The number of rotatable bonds is 7. The molecule has 0 atom stereocenters. The Hall–Kier alpha value is -4.10. The molecule has 1 N–H and O–H groups in total. The van der Waals surface area contributed by atoms with E-state index in [0.717, 1.165) is 49.2 Å². The molecule has 5 rings (SSSR count). The Kier molecular flexibility index (Phi) is 6.48. The first kappa shape index (κ1) is 23.6. The van der Waals surface area contributed by atoms with Crippen LogP contribution >= 0.6 is 11.3 Å². The van der Waals surface area contributed by atoms with E-state index in [1.54, 1.807) is 19.4 Å². The highest BCUT2D eigenvalue weighted by atomic mass is 32.1. The lowest BCUT2D eigenvalue weighted by Crippen LogP contribution is -2.08. The van der Waals surface area contributed by atoms with Gasteiger partial charge in [-0.3, -0.25) is 10.1 Å². The molecule has 3 aromatic carbocycles. The number of benzene rings is 3. The van der Waals surface area contributed by atoms with Crippen LogP contribution in [0.15, 0.2) is 71.4 Å². The molecule has 0 unspecified atom stereocenters. The van der Waals surface area contributed by atoms with Crippen LogP contribution < -0.4 is 14.8 Å². The minimum Gasteiger partial charge on any atom is -0.496 e. The van der Waals surface area contributed by atoms with E-state index >= 15 is 0 Å². The van der Waals surface area contributed by atoms with Crippen LogP contribution in [-0.2, 0) is 4.79 Å². The van der Waals surface area contributed by atoms with Crippen molar-refractivity contribution in [3.8, 4) is 22.6 Å². The first-order valence-corrected chi connectivity index (χ1v) is 12.5. The van der Waals surface area contributed by atoms with Crippen molar-refractivity contribution in [3.05, 3.63) is 78.1 Å². The summed E-state index contributed by atoms with van der Waals surface area (Å²) in [5, 5.41) is 4.38. The summed E-state index contributed by atoms with van der Waals surface area (Å²) in [6.07, 6.45) is 3.30. The standard InChI is InChI=1S/C29H26N2O4S/c1-5-34-25-15-26-21(22(16-35-26)19-8-6-7-9-24(19)33-4)14-20(25)18(3)13-28(32)31-29-30-23-11-10-17(2)12-27(23)36-29/h6-16H,5H2,1-4H3,(H,30,31,32)/b18-13+. The molecule has 0 bridgehead atoms. The average molecular weight is 499 g/mol. The Labute approximate surface area is 213 Å². The number of carbonyl (C=O) groups is 1. The summed E-state index contributed by atoms with van der Waals surface area (Å²) in [6, 6.07) is 17.7. The Morgan fingerprint density at radius 2 is 1.94 bits per heavy atom. The number of furan rings is 1. The molecule has 0 radical (unpaired) electrons. The molecule has 1 amide bonds. The fourth-order valence-electron chi connectivity index (χ4n) is 4.22. The maximum atomic E-state index is 12.9. The Morgan fingerprint density at radius 1 is 1.11 bits per heavy atom. The molecule has 2 heterocycles. The second kappa shape index (κ2) is 9.87. The molecule has 7 heteroatoms. The van der Waals surface area contributed by atoms with Gasteiger partial charge in [-0.2, -0.15) is 0 Å².